The van der Waals surface area contributed by atoms with Crippen molar-refractivity contribution < 1.29 is 4.92 Å². The normalized spacial score (nSPS) is 26.9. The highest BCUT2D eigenvalue weighted by Crippen LogP contribution is 2.32. The highest BCUT2D eigenvalue weighted by Gasteiger charge is 2.24. The zero-order valence-corrected chi connectivity index (χ0v) is 11.4. The van der Waals surface area contributed by atoms with Gasteiger partial charge in [-0.05, 0) is 37.2 Å². The van der Waals surface area contributed by atoms with Gasteiger partial charge in [-0.2, -0.15) is 0 Å². The van der Waals surface area contributed by atoms with Gasteiger partial charge in [0.1, 0.15) is 0 Å². The van der Waals surface area contributed by atoms with Crippen LogP contribution in [0.25, 0.3) is 0 Å². The van der Waals surface area contributed by atoms with E-state index in [2.05, 4.69) is 19.2 Å². The molecule has 2 unspecified atom stereocenters. The summed E-state index contributed by atoms with van der Waals surface area (Å²) in [5, 5.41) is 14.1. The summed E-state index contributed by atoms with van der Waals surface area (Å²) >= 11 is 0. The lowest BCUT2D eigenvalue weighted by molar-refractivity contribution is -0.384. The van der Waals surface area contributed by atoms with Crippen molar-refractivity contribution in [2.45, 2.75) is 39.2 Å². The van der Waals surface area contributed by atoms with E-state index < -0.39 is 4.92 Å². The number of non-ortho nitro benzene ring substituents is 1. The fourth-order valence-corrected chi connectivity index (χ4v) is 3.08. The Bertz CT molecular complexity index is 466. The van der Waals surface area contributed by atoms with Gasteiger partial charge < -0.3 is 11.1 Å². The SMILES string of the molecule is CC1CC(C)CC(Nc2ccc([N+](=O)[O-])cc2N)C1. The maximum atomic E-state index is 10.7. The zero-order valence-electron chi connectivity index (χ0n) is 11.4. The molecule has 1 fully saturated rings. The molecule has 1 aromatic carbocycles. The van der Waals surface area contributed by atoms with Crippen molar-refractivity contribution in [1.82, 2.24) is 0 Å². The lowest BCUT2D eigenvalue weighted by Gasteiger charge is -2.32. The molecule has 0 bridgehead atoms. The fraction of sp³-hybridized carbons (Fsp3) is 0.571. The monoisotopic (exact) mass is 263 g/mol. The lowest BCUT2D eigenvalue weighted by Crippen LogP contribution is -2.30. The highest BCUT2D eigenvalue weighted by molar-refractivity contribution is 5.69. The molecular formula is C14H21N3O2. The summed E-state index contributed by atoms with van der Waals surface area (Å²) in [7, 11) is 0. The van der Waals surface area contributed by atoms with Crippen LogP contribution in [0.1, 0.15) is 33.1 Å². The molecule has 0 saturated heterocycles. The van der Waals surface area contributed by atoms with Crippen molar-refractivity contribution in [2.24, 2.45) is 11.8 Å². The second-order valence-corrected chi connectivity index (χ2v) is 5.79. The smallest absolute Gasteiger partial charge is 0.271 e. The molecule has 1 aromatic rings. The van der Waals surface area contributed by atoms with Gasteiger partial charge in [-0.1, -0.05) is 13.8 Å². The molecule has 19 heavy (non-hydrogen) atoms. The fourth-order valence-electron chi connectivity index (χ4n) is 3.08. The molecule has 104 valence electrons. The number of rotatable bonds is 3. The quantitative estimate of drug-likeness (QED) is 0.497. The van der Waals surface area contributed by atoms with Crippen molar-refractivity contribution in [3.8, 4) is 0 Å². The van der Waals surface area contributed by atoms with Gasteiger partial charge in [-0.3, -0.25) is 10.1 Å². The topological polar surface area (TPSA) is 81.2 Å². The zero-order chi connectivity index (χ0) is 14.0. The van der Waals surface area contributed by atoms with Gasteiger partial charge in [0, 0.05) is 18.2 Å². The van der Waals surface area contributed by atoms with Crippen LogP contribution in [0.5, 0.6) is 0 Å². The first-order valence-electron chi connectivity index (χ1n) is 6.76. The molecule has 5 heteroatoms. The minimum atomic E-state index is -0.426. The largest absolute Gasteiger partial charge is 0.397 e. The number of nitrogens with zero attached hydrogens (tertiary/aromatic N) is 1. The Morgan fingerprint density at radius 3 is 2.42 bits per heavy atom. The number of nitro groups is 1. The van der Waals surface area contributed by atoms with E-state index in [0.717, 1.165) is 18.5 Å². The summed E-state index contributed by atoms with van der Waals surface area (Å²) in [6.07, 6.45) is 3.52. The molecule has 0 radical (unpaired) electrons. The van der Waals surface area contributed by atoms with E-state index in [1.54, 1.807) is 6.07 Å². The van der Waals surface area contributed by atoms with Gasteiger partial charge in [0.15, 0.2) is 0 Å². The van der Waals surface area contributed by atoms with E-state index in [4.69, 9.17) is 5.73 Å². The summed E-state index contributed by atoms with van der Waals surface area (Å²) in [4.78, 5) is 10.2. The van der Waals surface area contributed by atoms with Crippen LogP contribution in [0.15, 0.2) is 18.2 Å². The highest BCUT2D eigenvalue weighted by atomic mass is 16.6. The Morgan fingerprint density at radius 2 is 1.89 bits per heavy atom. The van der Waals surface area contributed by atoms with Crippen molar-refractivity contribution in [1.29, 1.82) is 0 Å². The van der Waals surface area contributed by atoms with Crippen LogP contribution in [0.2, 0.25) is 0 Å². The number of nitro benzene ring substituents is 1. The van der Waals surface area contributed by atoms with Crippen LogP contribution < -0.4 is 11.1 Å². The molecule has 5 nitrogen and oxygen atoms in total. The number of hydrogen-bond acceptors (Lipinski definition) is 4. The van der Waals surface area contributed by atoms with E-state index in [1.165, 1.54) is 18.6 Å². The third-order valence-corrected chi connectivity index (χ3v) is 3.78. The van der Waals surface area contributed by atoms with Crippen molar-refractivity contribution >= 4 is 17.1 Å². The molecule has 1 aliphatic carbocycles. The van der Waals surface area contributed by atoms with Crippen LogP contribution in [0.3, 0.4) is 0 Å². The van der Waals surface area contributed by atoms with Crippen molar-refractivity contribution in [3.63, 3.8) is 0 Å². The molecule has 0 heterocycles. The molecule has 2 atom stereocenters. The Morgan fingerprint density at radius 1 is 1.26 bits per heavy atom. The lowest BCUT2D eigenvalue weighted by atomic mass is 9.80. The van der Waals surface area contributed by atoms with Gasteiger partial charge in [0.2, 0.25) is 0 Å². The number of hydrogen-bond donors (Lipinski definition) is 2. The van der Waals surface area contributed by atoms with Gasteiger partial charge in [0.25, 0.3) is 5.69 Å². The van der Waals surface area contributed by atoms with Gasteiger partial charge >= 0.3 is 0 Å². The molecule has 1 aliphatic rings. The Balaban J connectivity index is 2.08. The standard InChI is InChI=1S/C14H21N3O2/c1-9-5-10(2)7-11(6-9)16-14-4-3-12(17(18)19)8-13(14)15/h3-4,8-11,16H,5-7,15H2,1-2H3. The maximum Gasteiger partial charge on any atom is 0.271 e. The second-order valence-electron chi connectivity index (χ2n) is 5.79. The first-order chi connectivity index (χ1) is 8.95. The molecule has 1 saturated carbocycles. The summed E-state index contributed by atoms with van der Waals surface area (Å²) in [6.45, 7) is 4.53. The van der Waals surface area contributed by atoms with E-state index in [-0.39, 0.29) is 5.69 Å². The molecule has 0 spiro atoms. The van der Waals surface area contributed by atoms with Crippen molar-refractivity contribution in [3.05, 3.63) is 28.3 Å². The van der Waals surface area contributed by atoms with Crippen LogP contribution in [-0.2, 0) is 0 Å². The van der Waals surface area contributed by atoms with E-state index in [1.807, 2.05) is 0 Å². The Kier molecular flexibility index (Phi) is 3.93. The Labute approximate surface area is 113 Å². The minimum absolute atomic E-state index is 0.0356. The third kappa shape index (κ3) is 3.36. The van der Waals surface area contributed by atoms with Crippen LogP contribution >= 0.6 is 0 Å². The van der Waals surface area contributed by atoms with E-state index in [9.17, 15) is 10.1 Å². The summed E-state index contributed by atoms with van der Waals surface area (Å²) < 4.78 is 0. The maximum absolute atomic E-state index is 10.7. The molecule has 2 rings (SSSR count). The third-order valence-electron chi connectivity index (χ3n) is 3.78. The first kappa shape index (κ1) is 13.6. The summed E-state index contributed by atoms with van der Waals surface area (Å²) in [5.74, 6) is 1.42. The predicted octanol–water partition coefficient (Wildman–Crippen LogP) is 3.41. The Hall–Kier alpha value is -1.78. The van der Waals surface area contributed by atoms with Crippen LogP contribution in [0.4, 0.5) is 17.1 Å². The number of nitrogens with two attached hydrogens (primary N) is 1. The van der Waals surface area contributed by atoms with Gasteiger partial charge in [0.05, 0.1) is 16.3 Å². The first-order valence-corrected chi connectivity index (χ1v) is 6.76. The summed E-state index contributed by atoms with van der Waals surface area (Å²) in [6, 6.07) is 5.02. The number of nitrogens with one attached hydrogen (secondary N) is 1. The molecule has 3 N–H and O–H groups in total. The predicted molar refractivity (Wildman–Crippen MR) is 77.1 cm³/mol. The van der Waals surface area contributed by atoms with Gasteiger partial charge in [-0.25, -0.2) is 0 Å². The molecular weight excluding hydrogens is 242 g/mol. The van der Waals surface area contributed by atoms with Crippen LogP contribution in [-0.4, -0.2) is 11.0 Å². The summed E-state index contributed by atoms with van der Waals surface area (Å²) in [5.41, 5.74) is 7.16. The van der Waals surface area contributed by atoms with Crippen molar-refractivity contribution in [2.75, 3.05) is 11.1 Å². The van der Waals surface area contributed by atoms with E-state index >= 15 is 0 Å². The molecule has 0 aromatic heterocycles. The number of benzene rings is 1. The average molecular weight is 263 g/mol. The molecule has 0 amide bonds. The minimum Gasteiger partial charge on any atom is -0.397 e. The molecule has 0 aliphatic heterocycles. The van der Waals surface area contributed by atoms with Gasteiger partial charge in [-0.15, -0.1) is 0 Å². The second kappa shape index (κ2) is 5.47. The number of anilines is 2. The van der Waals surface area contributed by atoms with Crippen LogP contribution in [0, 0.1) is 22.0 Å². The number of nitrogen functional groups attached to an aromatic ring is 1. The van der Waals surface area contributed by atoms with E-state index in [0.29, 0.717) is 23.6 Å². The average Bonchev–Trinajstić information content (AvgIpc) is 2.30.